The summed E-state index contributed by atoms with van der Waals surface area (Å²) in [6.07, 6.45) is 0.732. The average molecular weight is 312 g/mol. The van der Waals surface area contributed by atoms with Crippen molar-refractivity contribution in [3.63, 3.8) is 0 Å². The van der Waals surface area contributed by atoms with Gasteiger partial charge >= 0.3 is 0 Å². The van der Waals surface area contributed by atoms with Gasteiger partial charge in [0.05, 0.1) is 18.1 Å². The number of hydrogen-bond acceptors (Lipinski definition) is 4. The highest BCUT2D eigenvalue weighted by atomic mass is 32.2. The van der Waals surface area contributed by atoms with E-state index < -0.39 is 9.84 Å². The Morgan fingerprint density at radius 3 is 2.62 bits per heavy atom. The zero-order valence-corrected chi connectivity index (χ0v) is 12.4. The van der Waals surface area contributed by atoms with E-state index in [0.717, 1.165) is 12.0 Å². The molecule has 1 aromatic rings. The van der Waals surface area contributed by atoms with E-state index in [4.69, 9.17) is 0 Å². The second kappa shape index (κ2) is 5.38. The minimum Gasteiger partial charge on any atom is -0.311 e. The third kappa shape index (κ3) is 3.08. The molecular formula is C14H17FN2O3S. The molecule has 0 N–H and O–H groups in total. The van der Waals surface area contributed by atoms with Crippen LogP contribution < -0.4 is 4.90 Å². The summed E-state index contributed by atoms with van der Waals surface area (Å²) in [6.45, 7) is 1.52. The number of carbonyl (C=O) groups excluding carboxylic acids is 1. The summed E-state index contributed by atoms with van der Waals surface area (Å²) in [7, 11) is -2.94. The molecule has 2 aliphatic rings. The van der Waals surface area contributed by atoms with Crippen LogP contribution in [0.1, 0.15) is 5.56 Å². The highest BCUT2D eigenvalue weighted by Crippen LogP contribution is 2.28. The van der Waals surface area contributed by atoms with Crippen molar-refractivity contribution in [2.24, 2.45) is 0 Å². The van der Waals surface area contributed by atoms with E-state index in [2.05, 4.69) is 0 Å². The van der Waals surface area contributed by atoms with Crippen molar-refractivity contribution in [3.8, 4) is 0 Å². The first-order valence-corrected chi connectivity index (χ1v) is 8.78. The SMILES string of the molecule is O=C(CN1CCS(=O)(=O)CC1)N1CCc2ccc(F)cc21. The van der Waals surface area contributed by atoms with Crippen LogP contribution in [-0.2, 0) is 21.1 Å². The Bertz CT molecular complexity index is 661. The maximum absolute atomic E-state index is 13.3. The lowest BCUT2D eigenvalue weighted by Gasteiger charge is -2.28. The first-order valence-electron chi connectivity index (χ1n) is 6.96. The lowest BCUT2D eigenvalue weighted by molar-refractivity contribution is -0.119. The highest BCUT2D eigenvalue weighted by molar-refractivity contribution is 7.91. The quantitative estimate of drug-likeness (QED) is 0.795. The normalized spacial score (nSPS) is 21.3. The smallest absolute Gasteiger partial charge is 0.241 e. The van der Waals surface area contributed by atoms with E-state index in [1.807, 2.05) is 4.90 Å². The van der Waals surface area contributed by atoms with E-state index in [9.17, 15) is 17.6 Å². The number of sulfone groups is 1. The van der Waals surface area contributed by atoms with Crippen LogP contribution in [0.5, 0.6) is 0 Å². The molecule has 1 amide bonds. The average Bonchev–Trinajstić information content (AvgIpc) is 2.84. The van der Waals surface area contributed by atoms with Crippen LogP contribution in [0.15, 0.2) is 18.2 Å². The van der Waals surface area contributed by atoms with Crippen LogP contribution in [0.4, 0.5) is 10.1 Å². The number of amides is 1. The van der Waals surface area contributed by atoms with Crippen molar-refractivity contribution in [1.82, 2.24) is 4.90 Å². The molecule has 1 aromatic carbocycles. The highest BCUT2D eigenvalue weighted by Gasteiger charge is 2.28. The van der Waals surface area contributed by atoms with E-state index in [1.54, 1.807) is 11.0 Å². The number of halogens is 1. The Labute approximate surface area is 123 Å². The summed E-state index contributed by atoms with van der Waals surface area (Å²) < 4.78 is 36.1. The van der Waals surface area contributed by atoms with Gasteiger partial charge in [-0.3, -0.25) is 9.69 Å². The van der Waals surface area contributed by atoms with Crippen LogP contribution in [0.25, 0.3) is 0 Å². The number of carbonyl (C=O) groups is 1. The van der Waals surface area contributed by atoms with Crippen molar-refractivity contribution in [2.45, 2.75) is 6.42 Å². The summed E-state index contributed by atoms with van der Waals surface area (Å²) in [4.78, 5) is 15.8. The Balaban J connectivity index is 1.67. The minimum absolute atomic E-state index is 0.0985. The lowest BCUT2D eigenvalue weighted by atomic mass is 10.2. The second-order valence-electron chi connectivity index (χ2n) is 5.50. The molecule has 0 atom stereocenters. The largest absolute Gasteiger partial charge is 0.311 e. The fourth-order valence-electron chi connectivity index (χ4n) is 2.80. The van der Waals surface area contributed by atoms with Crippen molar-refractivity contribution in [2.75, 3.05) is 42.6 Å². The topological polar surface area (TPSA) is 57.7 Å². The van der Waals surface area contributed by atoms with E-state index >= 15 is 0 Å². The number of benzene rings is 1. The molecule has 0 aliphatic carbocycles. The molecule has 3 rings (SSSR count). The molecule has 7 heteroatoms. The van der Waals surface area contributed by atoms with Crippen LogP contribution in [0.2, 0.25) is 0 Å². The van der Waals surface area contributed by atoms with Crippen molar-refractivity contribution < 1.29 is 17.6 Å². The predicted molar refractivity (Wildman–Crippen MR) is 77.6 cm³/mol. The zero-order valence-electron chi connectivity index (χ0n) is 11.6. The zero-order chi connectivity index (χ0) is 15.0. The van der Waals surface area contributed by atoms with Gasteiger partial charge in [0.1, 0.15) is 5.82 Å². The Hall–Kier alpha value is -1.47. The third-order valence-corrected chi connectivity index (χ3v) is 5.65. The fraction of sp³-hybridized carbons (Fsp3) is 0.500. The van der Waals surface area contributed by atoms with Gasteiger partial charge in [-0.05, 0) is 24.1 Å². The van der Waals surface area contributed by atoms with Gasteiger partial charge in [0.25, 0.3) is 0 Å². The summed E-state index contributed by atoms with van der Waals surface area (Å²) in [5, 5.41) is 0. The monoisotopic (exact) mass is 312 g/mol. The van der Waals surface area contributed by atoms with Gasteiger partial charge in [-0.2, -0.15) is 0 Å². The number of rotatable bonds is 2. The Kier molecular flexibility index (Phi) is 3.71. The Morgan fingerprint density at radius 2 is 1.90 bits per heavy atom. The van der Waals surface area contributed by atoms with Crippen LogP contribution in [0, 0.1) is 5.82 Å². The summed E-state index contributed by atoms with van der Waals surface area (Å²) >= 11 is 0. The molecular weight excluding hydrogens is 295 g/mol. The molecule has 0 unspecified atom stereocenters. The first-order chi connectivity index (χ1) is 9.94. The number of anilines is 1. The first kappa shape index (κ1) is 14.5. The second-order valence-corrected chi connectivity index (χ2v) is 7.80. The van der Waals surface area contributed by atoms with Gasteiger partial charge in [0.2, 0.25) is 5.91 Å². The van der Waals surface area contributed by atoms with Gasteiger partial charge in [0.15, 0.2) is 9.84 Å². The fourth-order valence-corrected chi connectivity index (χ4v) is 4.07. The molecule has 0 radical (unpaired) electrons. The third-order valence-electron chi connectivity index (χ3n) is 4.04. The number of fused-ring (bicyclic) bond motifs is 1. The van der Waals surface area contributed by atoms with Gasteiger partial charge in [-0.25, -0.2) is 12.8 Å². The molecule has 1 fully saturated rings. The molecule has 0 saturated carbocycles. The Morgan fingerprint density at radius 1 is 1.19 bits per heavy atom. The maximum Gasteiger partial charge on any atom is 0.241 e. The van der Waals surface area contributed by atoms with Crippen LogP contribution in [-0.4, -0.2) is 56.9 Å². The lowest BCUT2D eigenvalue weighted by Crippen LogP contribution is -2.46. The summed E-state index contributed by atoms with van der Waals surface area (Å²) in [6, 6.07) is 4.51. The van der Waals surface area contributed by atoms with Gasteiger partial charge in [0, 0.05) is 25.3 Å². The van der Waals surface area contributed by atoms with E-state index in [-0.39, 0.29) is 29.8 Å². The molecule has 2 aliphatic heterocycles. The summed E-state index contributed by atoms with van der Waals surface area (Å²) in [5.41, 5.74) is 1.62. The van der Waals surface area contributed by atoms with Crippen molar-refractivity contribution in [1.29, 1.82) is 0 Å². The molecule has 5 nitrogen and oxygen atoms in total. The van der Waals surface area contributed by atoms with Crippen LogP contribution in [0.3, 0.4) is 0 Å². The molecule has 0 bridgehead atoms. The predicted octanol–water partition coefficient (Wildman–Crippen LogP) is 0.445. The van der Waals surface area contributed by atoms with Gasteiger partial charge in [-0.1, -0.05) is 6.07 Å². The standard InChI is InChI=1S/C14H17FN2O3S/c15-12-2-1-11-3-4-17(13(11)9-12)14(18)10-16-5-7-21(19,20)8-6-16/h1-2,9H,3-8,10H2. The molecule has 0 spiro atoms. The number of hydrogen-bond donors (Lipinski definition) is 0. The maximum atomic E-state index is 13.3. The molecule has 0 aromatic heterocycles. The van der Waals surface area contributed by atoms with Crippen LogP contribution >= 0.6 is 0 Å². The molecule has 2 heterocycles. The molecule has 114 valence electrons. The van der Waals surface area contributed by atoms with Gasteiger partial charge in [-0.15, -0.1) is 0 Å². The number of nitrogens with zero attached hydrogens (tertiary/aromatic N) is 2. The van der Waals surface area contributed by atoms with Gasteiger partial charge < -0.3 is 4.90 Å². The van der Waals surface area contributed by atoms with Crippen molar-refractivity contribution >= 4 is 21.4 Å². The molecule has 21 heavy (non-hydrogen) atoms. The molecule has 1 saturated heterocycles. The summed E-state index contributed by atoms with van der Waals surface area (Å²) in [5.74, 6) is -0.243. The van der Waals surface area contributed by atoms with Crippen molar-refractivity contribution in [3.05, 3.63) is 29.6 Å². The van der Waals surface area contributed by atoms with E-state index in [0.29, 0.717) is 25.3 Å². The van der Waals surface area contributed by atoms with E-state index in [1.165, 1.54) is 12.1 Å². The minimum atomic E-state index is -2.94.